The zero-order valence-electron chi connectivity index (χ0n) is 23.8. The largest absolute Gasteiger partial charge is 0.450 e. The van der Waals surface area contributed by atoms with Crippen molar-refractivity contribution in [1.29, 1.82) is 5.26 Å². The summed E-state index contributed by atoms with van der Waals surface area (Å²) in [4.78, 5) is 20.1. The van der Waals surface area contributed by atoms with Gasteiger partial charge in [-0.25, -0.2) is 23.5 Å². The van der Waals surface area contributed by atoms with Gasteiger partial charge in [-0.2, -0.15) is 18.4 Å². The molecule has 0 aliphatic rings. The van der Waals surface area contributed by atoms with Crippen molar-refractivity contribution in [1.82, 2.24) is 19.9 Å². The van der Waals surface area contributed by atoms with E-state index in [2.05, 4.69) is 40.0 Å². The molecule has 3 heterocycles. The number of anilines is 1. The molecular formula is C29H28F5N6O3S+. The third-order valence-electron chi connectivity index (χ3n) is 6.59. The minimum Gasteiger partial charge on any atom is -0.450 e. The Morgan fingerprint density at radius 1 is 1.14 bits per heavy atom. The Bertz CT molecular complexity index is 1670. The lowest BCUT2D eigenvalue weighted by Gasteiger charge is -2.13. The zero-order chi connectivity index (χ0) is 32.0. The molecular weight excluding hydrogens is 607 g/mol. The molecule has 0 aliphatic heterocycles. The maximum atomic E-state index is 15.0. The van der Waals surface area contributed by atoms with E-state index >= 15 is 8.78 Å². The number of urea groups is 1. The number of pyridine rings is 2. The number of carbonyl (C=O) groups excluding carboxylic acids is 1. The molecule has 9 nitrogen and oxygen atoms in total. The molecule has 0 aliphatic carbocycles. The van der Waals surface area contributed by atoms with Crippen LogP contribution >= 0.6 is 0 Å². The van der Waals surface area contributed by atoms with E-state index in [9.17, 15) is 18.0 Å². The average Bonchev–Trinajstić information content (AvgIpc) is 3.36. The van der Waals surface area contributed by atoms with E-state index in [0.29, 0.717) is 17.4 Å². The normalized spacial score (nSPS) is 12.3. The number of nitrogens with zero attached hydrogens (tertiary/aromatic N) is 4. The van der Waals surface area contributed by atoms with Crippen molar-refractivity contribution in [2.24, 2.45) is 0 Å². The van der Waals surface area contributed by atoms with Gasteiger partial charge < -0.3 is 24.7 Å². The van der Waals surface area contributed by atoms with Crippen molar-refractivity contribution >= 4 is 33.6 Å². The first-order valence-electron chi connectivity index (χ1n) is 13.1. The topological polar surface area (TPSA) is 114 Å². The van der Waals surface area contributed by atoms with Gasteiger partial charge in [-0.1, -0.05) is 0 Å². The second kappa shape index (κ2) is 13.9. The number of rotatable bonds is 11. The number of nitriles is 1. The molecule has 0 spiro atoms. The molecule has 1 atom stereocenters. The molecule has 3 aromatic heterocycles. The molecule has 0 saturated carbocycles. The number of fused-ring (bicyclic) bond motifs is 1. The van der Waals surface area contributed by atoms with Crippen LogP contribution in [0.1, 0.15) is 30.2 Å². The number of amides is 2. The van der Waals surface area contributed by atoms with Crippen molar-refractivity contribution in [2.75, 3.05) is 24.4 Å². The number of hydrogen-bond donors (Lipinski definition) is 2. The Kier molecular flexibility index (Phi) is 10.3. The summed E-state index contributed by atoms with van der Waals surface area (Å²) < 4.78 is 84.3. The highest BCUT2D eigenvalue weighted by Gasteiger charge is 2.37. The minimum atomic E-state index is -4.83. The van der Waals surface area contributed by atoms with E-state index in [0.717, 1.165) is 37.0 Å². The highest BCUT2D eigenvalue weighted by Crippen LogP contribution is 2.42. The zero-order valence-corrected chi connectivity index (χ0v) is 24.7. The first-order chi connectivity index (χ1) is 20.9. The van der Waals surface area contributed by atoms with Gasteiger partial charge >= 0.3 is 12.2 Å². The Balaban J connectivity index is 1.52. The summed E-state index contributed by atoms with van der Waals surface area (Å²) in [5, 5.41) is 13.6. The predicted octanol–water partition coefficient (Wildman–Crippen LogP) is 6.34. The molecule has 4 rings (SSSR count). The second-order valence-electron chi connectivity index (χ2n) is 9.87. The molecule has 0 fully saturated rings. The smallest absolute Gasteiger partial charge is 0.418 e. The van der Waals surface area contributed by atoms with Crippen LogP contribution in [0.15, 0.2) is 48.9 Å². The Labute approximate surface area is 252 Å². The van der Waals surface area contributed by atoms with Crippen LogP contribution in [0, 0.1) is 23.0 Å². The van der Waals surface area contributed by atoms with Gasteiger partial charge in [0.1, 0.15) is 35.1 Å². The van der Waals surface area contributed by atoms with Gasteiger partial charge in [0.05, 0.1) is 30.1 Å². The predicted molar refractivity (Wildman–Crippen MR) is 155 cm³/mol. The third kappa shape index (κ3) is 7.94. The van der Waals surface area contributed by atoms with Gasteiger partial charge in [-0.05, 0) is 41.6 Å². The lowest BCUT2D eigenvalue weighted by Crippen LogP contribution is -2.28. The number of hydrogen-bond acceptors (Lipinski definition) is 6. The molecule has 0 bridgehead atoms. The SMILES string of the molecule is C[C@@H](CCOCn1cc(C(F)(F)F)c2c(Oc3c(F)cc(NC(=O)NCc4ccnc(C#N)c4)cc3F)ccnc21)[S+](C)C. The van der Waals surface area contributed by atoms with Crippen LogP contribution in [0.4, 0.5) is 32.4 Å². The maximum Gasteiger partial charge on any atom is 0.418 e. The Morgan fingerprint density at radius 3 is 2.50 bits per heavy atom. The van der Waals surface area contributed by atoms with E-state index in [1.54, 1.807) is 6.07 Å². The summed E-state index contributed by atoms with van der Waals surface area (Å²) in [6.07, 6.45) is 3.46. The van der Waals surface area contributed by atoms with Crippen molar-refractivity contribution in [3.63, 3.8) is 0 Å². The van der Waals surface area contributed by atoms with Gasteiger partial charge in [0.2, 0.25) is 0 Å². The third-order valence-corrected chi connectivity index (χ3v) is 8.43. The highest BCUT2D eigenvalue weighted by atomic mass is 32.2. The van der Waals surface area contributed by atoms with Crippen LogP contribution in [0.2, 0.25) is 0 Å². The molecule has 1 aromatic carbocycles. The number of alkyl halides is 3. The van der Waals surface area contributed by atoms with Gasteiger partial charge in [-0.3, -0.25) is 0 Å². The van der Waals surface area contributed by atoms with Crippen molar-refractivity contribution in [2.45, 2.75) is 38.0 Å². The van der Waals surface area contributed by atoms with Gasteiger partial charge in [0.25, 0.3) is 0 Å². The van der Waals surface area contributed by atoms with Crippen LogP contribution in [-0.2, 0) is 35.1 Å². The average molecular weight is 636 g/mol. The number of aromatic nitrogens is 3. The fraction of sp³-hybridized carbons (Fsp3) is 0.310. The molecule has 0 saturated heterocycles. The summed E-state index contributed by atoms with van der Waals surface area (Å²) in [6.45, 7) is 2.17. The van der Waals surface area contributed by atoms with E-state index in [1.165, 1.54) is 16.8 Å². The maximum absolute atomic E-state index is 15.0. The number of halogens is 5. The van der Waals surface area contributed by atoms with Crippen molar-refractivity contribution in [3.05, 3.63) is 77.4 Å². The van der Waals surface area contributed by atoms with E-state index < -0.39 is 46.3 Å². The fourth-order valence-electron chi connectivity index (χ4n) is 4.07. The van der Waals surface area contributed by atoms with Crippen LogP contribution < -0.4 is 15.4 Å². The van der Waals surface area contributed by atoms with Gasteiger partial charge in [0.15, 0.2) is 17.4 Å². The number of nitrogens with one attached hydrogen (secondary N) is 2. The first-order valence-corrected chi connectivity index (χ1v) is 15.2. The summed E-state index contributed by atoms with van der Waals surface area (Å²) in [7, 11) is 0.161. The van der Waals surface area contributed by atoms with Crippen molar-refractivity contribution in [3.8, 4) is 17.6 Å². The summed E-state index contributed by atoms with van der Waals surface area (Å²) in [6, 6.07) is 6.69. The van der Waals surface area contributed by atoms with Crippen LogP contribution in [0.5, 0.6) is 11.5 Å². The second-order valence-corrected chi connectivity index (χ2v) is 12.4. The Morgan fingerprint density at radius 2 is 1.84 bits per heavy atom. The highest BCUT2D eigenvalue weighted by molar-refractivity contribution is 7.96. The standard InChI is InChI=1S/C29H27F5N6O3S/c1-17(44(2)3)6-9-42-16-40-15-21(29(32,33)34)25-24(5-8-37-27(25)40)43-26-22(30)11-19(12-23(26)31)39-28(41)38-14-18-4-7-36-20(10-18)13-35/h4-5,7-8,10-12,15,17H,6,9,14,16H2,1-3H3,(H-,38,39,41)/p+1/t17-/m0/s1. The molecule has 15 heteroatoms. The van der Waals surface area contributed by atoms with Crippen LogP contribution in [-0.4, -0.2) is 44.9 Å². The van der Waals surface area contributed by atoms with E-state index in [-0.39, 0.29) is 41.2 Å². The van der Waals surface area contributed by atoms with Crippen LogP contribution in [0.25, 0.3) is 11.0 Å². The molecule has 2 N–H and O–H groups in total. The molecule has 44 heavy (non-hydrogen) atoms. The first kappa shape index (κ1) is 32.5. The molecule has 0 unspecified atom stereocenters. The molecule has 232 valence electrons. The molecule has 2 amide bonds. The summed E-state index contributed by atoms with van der Waals surface area (Å²) >= 11 is 0. The lowest BCUT2D eigenvalue weighted by atomic mass is 10.2. The quantitative estimate of drug-likeness (QED) is 0.113. The minimum absolute atomic E-state index is 0.00314. The number of ether oxygens (including phenoxy) is 2. The summed E-state index contributed by atoms with van der Waals surface area (Å²) in [5.74, 6) is -3.98. The monoisotopic (exact) mass is 635 g/mol. The summed E-state index contributed by atoms with van der Waals surface area (Å²) in [5.41, 5.74) is -0.807. The van der Waals surface area contributed by atoms with Crippen LogP contribution in [0.3, 0.4) is 0 Å². The van der Waals surface area contributed by atoms with Crippen molar-refractivity contribution < 1.29 is 36.2 Å². The van der Waals surface area contributed by atoms with E-state index in [1.807, 2.05) is 6.07 Å². The molecule has 0 radical (unpaired) electrons. The Hall–Kier alpha value is -4.42. The van der Waals surface area contributed by atoms with Gasteiger partial charge in [-0.15, -0.1) is 0 Å². The molecule has 4 aromatic rings. The fourth-order valence-corrected chi connectivity index (χ4v) is 4.64. The number of benzene rings is 1. The number of carbonyl (C=O) groups is 1. The van der Waals surface area contributed by atoms with Gasteiger partial charge in [0, 0.05) is 49.4 Å². The van der Waals surface area contributed by atoms with E-state index in [4.69, 9.17) is 14.7 Å². The lowest BCUT2D eigenvalue weighted by molar-refractivity contribution is -0.136.